The number of carbonyl (C=O) groups excluding carboxylic acids is 2. The molecule has 1 aliphatic heterocycles. The summed E-state index contributed by atoms with van der Waals surface area (Å²) in [6.45, 7) is 3.50. The van der Waals surface area contributed by atoms with E-state index in [1.807, 2.05) is 24.1 Å². The predicted octanol–water partition coefficient (Wildman–Crippen LogP) is 3.35. The van der Waals surface area contributed by atoms with E-state index in [-0.39, 0.29) is 17.9 Å². The lowest BCUT2D eigenvalue weighted by molar-refractivity contribution is -0.114. The number of hydrogen-bond donors (Lipinski definition) is 1. The largest absolute Gasteiger partial charge is 0.337 e. The van der Waals surface area contributed by atoms with E-state index in [1.54, 1.807) is 12.1 Å². The van der Waals surface area contributed by atoms with Crippen molar-refractivity contribution in [1.82, 2.24) is 9.80 Å². The van der Waals surface area contributed by atoms with Gasteiger partial charge in [0.15, 0.2) is 0 Å². The van der Waals surface area contributed by atoms with Crippen LogP contribution < -0.4 is 5.32 Å². The molecule has 0 bridgehead atoms. The molecule has 1 N–H and O–H groups in total. The minimum atomic E-state index is -0.136. The van der Waals surface area contributed by atoms with Gasteiger partial charge in [-0.05, 0) is 61.6 Å². The third kappa shape index (κ3) is 4.35. The van der Waals surface area contributed by atoms with Crippen LogP contribution in [0.15, 0.2) is 48.5 Å². The molecular formula is C24H29N3O2. The van der Waals surface area contributed by atoms with Crippen molar-refractivity contribution in [2.45, 2.75) is 44.7 Å². The van der Waals surface area contributed by atoms with Gasteiger partial charge >= 0.3 is 0 Å². The molecule has 5 heteroatoms. The summed E-state index contributed by atoms with van der Waals surface area (Å²) < 4.78 is 0. The first-order valence-corrected chi connectivity index (χ1v) is 10.5. The van der Waals surface area contributed by atoms with Gasteiger partial charge in [-0.25, -0.2) is 0 Å². The maximum Gasteiger partial charge on any atom is 0.253 e. The van der Waals surface area contributed by atoms with E-state index >= 15 is 0 Å². The number of carbonyl (C=O) groups is 2. The molecule has 2 amide bonds. The molecule has 1 aliphatic carbocycles. The van der Waals surface area contributed by atoms with Crippen LogP contribution in [0.3, 0.4) is 0 Å². The average Bonchev–Trinajstić information content (AvgIpc) is 3.17. The summed E-state index contributed by atoms with van der Waals surface area (Å²) in [5, 5.41) is 2.75. The maximum absolute atomic E-state index is 13.1. The van der Waals surface area contributed by atoms with Crippen molar-refractivity contribution in [3.63, 3.8) is 0 Å². The number of nitrogens with zero attached hydrogens (tertiary/aromatic N) is 2. The van der Waals surface area contributed by atoms with Crippen LogP contribution in [-0.4, -0.2) is 53.8 Å². The molecule has 1 heterocycles. The monoisotopic (exact) mass is 391 g/mol. The molecule has 0 saturated carbocycles. The third-order valence-electron chi connectivity index (χ3n) is 6.27. The van der Waals surface area contributed by atoms with Crippen LogP contribution in [0.4, 0.5) is 5.69 Å². The SMILES string of the molecule is CC(=O)Nc1cccc(C(=O)N(C)C2CCCN(C3Cc4ccccc4C3)C2)c1. The van der Waals surface area contributed by atoms with Crippen LogP contribution in [0.2, 0.25) is 0 Å². The van der Waals surface area contributed by atoms with Crippen LogP contribution in [0, 0.1) is 0 Å². The number of piperidine rings is 1. The summed E-state index contributed by atoms with van der Waals surface area (Å²) in [4.78, 5) is 28.9. The Bertz CT molecular complexity index is 886. The standard InChI is InChI=1S/C24H29N3O2/c1-17(28)25-21-10-5-9-20(13-21)24(29)26(2)22-11-6-12-27(16-22)23-14-18-7-3-4-8-19(18)15-23/h3-5,7-10,13,22-23H,6,11-12,14-16H2,1-2H3,(H,25,28). The van der Waals surface area contributed by atoms with Gasteiger partial charge < -0.3 is 10.2 Å². The van der Waals surface area contributed by atoms with Crippen molar-refractivity contribution in [2.75, 3.05) is 25.5 Å². The number of hydrogen-bond acceptors (Lipinski definition) is 3. The first-order valence-electron chi connectivity index (χ1n) is 10.5. The predicted molar refractivity (Wildman–Crippen MR) is 115 cm³/mol. The number of fused-ring (bicyclic) bond motifs is 1. The fourth-order valence-electron chi connectivity index (χ4n) is 4.73. The second kappa shape index (κ2) is 8.37. The molecular weight excluding hydrogens is 362 g/mol. The van der Waals surface area contributed by atoms with Gasteiger partial charge in [0, 0.05) is 43.9 Å². The molecule has 0 radical (unpaired) electrons. The summed E-state index contributed by atoms with van der Waals surface area (Å²) in [5.41, 5.74) is 4.22. The summed E-state index contributed by atoms with van der Waals surface area (Å²) in [7, 11) is 1.91. The molecule has 1 atom stereocenters. The molecule has 0 spiro atoms. The fraction of sp³-hybridized carbons (Fsp3) is 0.417. The Balaban J connectivity index is 1.42. The second-order valence-electron chi connectivity index (χ2n) is 8.30. The van der Waals surface area contributed by atoms with Crippen LogP contribution in [0.25, 0.3) is 0 Å². The molecule has 2 aromatic carbocycles. The van der Waals surface area contributed by atoms with Gasteiger partial charge in [-0.2, -0.15) is 0 Å². The van der Waals surface area contributed by atoms with Crippen LogP contribution in [0.1, 0.15) is 41.3 Å². The Hall–Kier alpha value is -2.66. The highest BCUT2D eigenvalue weighted by atomic mass is 16.2. The molecule has 152 valence electrons. The van der Waals surface area contributed by atoms with Gasteiger partial charge in [-0.3, -0.25) is 14.5 Å². The number of amides is 2. The van der Waals surface area contributed by atoms with E-state index in [9.17, 15) is 9.59 Å². The van der Waals surface area contributed by atoms with Crippen LogP contribution in [-0.2, 0) is 17.6 Å². The zero-order valence-electron chi connectivity index (χ0n) is 17.2. The second-order valence-corrected chi connectivity index (χ2v) is 8.30. The van der Waals surface area contributed by atoms with E-state index in [2.05, 4.69) is 34.5 Å². The summed E-state index contributed by atoms with van der Waals surface area (Å²) in [6, 6.07) is 16.7. The van der Waals surface area contributed by atoms with Gasteiger partial charge in [0.1, 0.15) is 0 Å². The molecule has 0 aromatic heterocycles. The Morgan fingerprint density at radius 3 is 2.48 bits per heavy atom. The Labute approximate surface area is 172 Å². The molecule has 29 heavy (non-hydrogen) atoms. The number of rotatable bonds is 4. The Kier molecular flexibility index (Phi) is 5.67. The van der Waals surface area contributed by atoms with Crippen molar-refractivity contribution in [2.24, 2.45) is 0 Å². The number of nitrogens with one attached hydrogen (secondary N) is 1. The summed E-state index contributed by atoms with van der Waals surface area (Å²) in [5.74, 6) is -0.123. The molecule has 4 rings (SSSR count). The first kappa shape index (κ1) is 19.6. The quantitative estimate of drug-likeness (QED) is 0.870. The third-order valence-corrected chi connectivity index (χ3v) is 6.27. The van der Waals surface area contributed by atoms with E-state index < -0.39 is 0 Å². The van der Waals surface area contributed by atoms with Crippen molar-refractivity contribution in [1.29, 1.82) is 0 Å². The van der Waals surface area contributed by atoms with Crippen molar-refractivity contribution in [3.05, 3.63) is 65.2 Å². The lowest BCUT2D eigenvalue weighted by Gasteiger charge is -2.40. The summed E-state index contributed by atoms with van der Waals surface area (Å²) >= 11 is 0. The number of benzene rings is 2. The zero-order valence-corrected chi connectivity index (χ0v) is 17.2. The van der Waals surface area contributed by atoms with E-state index in [4.69, 9.17) is 0 Å². The fourth-order valence-corrected chi connectivity index (χ4v) is 4.73. The number of likely N-dealkylation sites (tertiary alicyclic amines) is 1. The molecule has 1 saturated heterocycles. The molecule has 2 aliphatic rings. The number of likely N-dealkylation sites (N-methyl/N-ethyl adjacent to an activating group) is 1. The van der Waals surface area contributed by atoms with Gasteiger partial charge in [-0.1, -0.05) is 30.3 Å². The summed E-state index contributed by atoms with van der Waals surface area (Å²) in [6.07, 6.45) is 4.36. The molecule has 1 fully saturated rings. The van der Waals surface area contributed by atoms with Crippen LogP contribution >= 0.6 is 0 Å². The molecule has 1 unspecified atom stereocenters. The van der Waals surface area contributed by atoms with Crippen molar-refractivity contribution in [3.8, 4) is 0 Å². The topological polar surface area (TPSA) is 52.7 Å². The minimum absolute atomic E-state index is 0.0127. The molecule has 2 aromatic rings. The van der Waals surface area contributed by atoms with Gasteiger partial charge in [0.25, 0.3) is 5.91 Å². The van der Waals surface area contributed by atoms with E-state index in [1.165, 1.54) is 18.1 Å². The van der Waals surface area contributed by atoms with Crippen molar-refractivity contribution >= 4 is 17.5 Å². The highest BCUT2D eigenvalue weighted by Crippen LogP contribution is 2.28. The smallest absolute Gasteiger partial charge is 0.253 e. The Morgan fingerprint density at radius 2 is 1.79 bits per heavy atom. The zero-order chi connectivity index (χ0) is 20.4. The average molecular weight is 392 g/mol. The van der Waals surface area contributed by atoms with Gasteiger partial charge in [-0.15, -0.1) is 0 Å². The van der Waals surface area contributed by atoms with E-state index in [0.29, 0.717) is 17.3 Å². The lowest BCUT2D eigenvalue weighted by atomic mass is 10.0. The minimum Gasteiger partial charge on any atom is -0.337 e. The van der Waals surface area contributed by atoms with E-state index in [0.717, 1.165) is 38.8 Å². The van der Waals surface area contributed by atoms with Gasteiger partial charge in [0.05, 0.1) is 0 Å². The van der Waals surface area contributed by atoms with Crippen molar-refractivity contribution < 1.29 is 9.59 Å². The van der Waals surface area contributed by atoms with Gasteiger partial charge in [0.2, 0.25) is 5.91 Å². The Morgan fingerprint density at radius 1 is 1.07 bits per heavy atom. The first-order chi connectivity index (χ1) is 14.0. The highest BCUT2D eigenvalue weighted by Gasteiger charge is 2.33. The van der Waals surface area contributed by atoms with Crippen LogP contribution in [0.5, 0.6) is 0 Å². The molecule has 5 nitrogen and oxygen atoms in total. The normalized spacial score (nSPS) is 19.6. The highest BCUT2D eigenvalue weighted by molar-refractivity contribution is 5.96. The maximum atomic E-state index is 13.1. The lowest BCUT2D eigenvalue weighted by Crippen LogP contribution is -2.51. The number of anilines is 1.